The van der Waals surface area contributed by atoms with Gasteiger partial charge in [0.25, 0.3) is 0 Å². The van der Waals surface area contributed by atoms with E-state index in [1.54, 1.807) is 0 Å². The Balaban J connectivity index is 0.00000133. The van der Waals surface area contributed by atoms with Crippen molar-refractivity contribution in [1.29, 1.82) is 0 Å². The van der Waals surface area contributed by atoms with Gasteiger partial charge in [-0.05, 0) is 128 Å². The van der Waals surface area contributed by atoms with E-state index in [1.807, 2.05) is 13.8 Å². The van der Waals surface area contributed by atoms with Crippen LogP contribution in [0, 0.1) is 13.8 Å². The third-order valence-corrected chi connectivity index (χ3v) is 12.7. The summed E-state index contributed by atoms with van der Waals surface area (Å²) in [5, 5.41) is 5.10. The third kappa shape index (κ3) is 6.96. The number of allylic oxidation sites excluding steroid dienone is 2. The van der Waals surface area contributed by atoms with E-state index in [9.17, 15) is 0 Å². The molecule has 0 saturated heterocycles. The summed E-state index contributed by atoms with van der Waals surface area (Å²) in [5.74, 6) is 4.36. The van der Waals surface area contributed by atoms with Crippen LogP contribution in [0.3, 0.4) is 0 Å². The molecule has 0 N–H and O–H groups in total. The van der Waals surface area contributed by atoms with E-state index in [1.165, 1.54) is 77.2 Å². The van der Waals surface area contributed by atoms with E-state index in [2.05, 4.69) is 158 Å². The Morgan fingerprint density at radius 3 is 1.30 bits per heavy atom. The fourth-order valence-corrected chi connectivity index (χ4v) is 10.4. The van der Waals surface area contributed by atoms with Crippen LogP contribution in [0.2, 0.25) is 12.1 Å². The Morgan fingerprint density at radius 2 is 0.875 bits per heavy atom. The molecule has 2 atom stereocenters. The normalized spacial score (nSPS) is 15.6. The summed E-state index contributed by atoms with van der Waals surface area (Å²) in [6.45, 7) is 4.08. The van der Waals surface area contributed by atoms with Crippen molar-refractivity contribution in [2.75, 3.05) is 0 Å². The monoisotopic (exact) mass is 858 g/mol. The quantitative estimate of drug-likeness (QED) is 0.142. The number of halogens is 2. The van der Waals surface area contributed by atoms with Gasteiger partial charge in [0.05, 0.1) is 0 Å². The molecule has 2 aromatic heterocycles. The van der Waals surface area contributed by atoms with Crippen LogP contribution in [-0.2, 0) is 20.8 Å². The van der Waals surface area contributed by atoms with Crippen molar-refractivity contribution < 1.29 is 29.7 Å². The summed E-state index contributed by atoms with van der Waals surface area (Å²) in [6.07, 6.45) is 4.83. The van der Waals surface area contributed by atoms with Gasteiger partial charge in [-0.25, -0.2) is 0 Å². The van der Waals surface area contributed by atoms with Crippen LogP contribution in [-0.4, -0.2) is 9.52 Å². The average molecular weight is 861 g/mol. The second-order valence-corrected chi connectivity index (χ2v) is 19.6. The van der Waals surface area contributed by atoms with Crippen LogP contribution >= 0.6 is 17.0 Å². The number of benzene rings is 6. The van der Waals surface area contributed by atoms with Crippen LogP contribution < -0.4 is 0 Å². The van der Waals surface area contributed by atoms with Gasteiger partial charge in [0.15, 0.2) is 0 Å². The van der Waals surface area contributed by atoms with E-state index in [0.717, 1.165) is 44.6 Å². The van der Waals surface area contributed by atoms with Crippen LogP contribution in [0.25, 0.3) is 67.1 Å². The van der Waals surface area contributed by atoms with E-state index in [4.69, 9.17) is 25.9 Å². The number of hydrogen-bond donors (Lipinski definition) is 0. The zero-order chi connectivity index (χ0) is 38.2. The van der Waals surface area contributed by atoms with Crippen LogP contribution in [0.1, 0.15) is 57.1 Å². The molecule has 0 bridgehead atoms. The first-order valence-electron chi connectivity index (χ1n) is 19.0. The molecule has 56 heavy (non-hydrogen) atoms. The minimum absolute atomic E-state index is 0.255. The summed E-state index contributed by atoms with van der Waals surface area (Å²) in [4.78, 5) is 0. The van der Waals surface area contributed by atoms with Crippen molar-refractivity contribution in [3.63, 3.8) is 0 Å². The van der Waals surface area contributed by atoms with Gasteiger partial charge in [-0.2, -0.15) is 0 Å². The average Bonchev–Trinajstić information content (AvgIpc) is 4.03. The summed E-state index contributed by atoms with van der Waals surface area (Å²) in [6, 6.07) is 55.1. The molecule has 0 fully saturated rings. The van der Waals surface area contributed by atoms with E-state index < -0.39 is 20.8 Å². The molecule has 2 unspecified atom stereocenters. The molecule has 0 amide bonds. The summed E-state index contributed by atoms with van der Waals surface area (Å²) in [7, 11) is 10.6. The molecule has 0 spiro atoms. The van der Waals surface area contributed by atoms with Crippen molar-refractivity contribution >= 4 is 71.4 Å². The molecule has 2 radical (unpaired) electrons. The second-order valence-electron chi connectivity index (χ2n) is 14.5. The molecule has 10 rings (SSSR count). The predicted molar refractivity (Wildman–Crippen MR) is 234 cm³/mol. The van der Waals surface area contributed by atoms with Gasteiger partial charge >= 0.3 is 37.9 Å². The SMILES string of the molecule is Cc1ccc(C2=Cc3c(-c4cccc5ccccc45)cccc3C2C[Si]CC2C(c3ccc(C)o3)=Cc3c(-c4cccc5ccccc45)cccc32)o1.[Cl][Zr][Cl]. The summed E-state index contributed by atoms with van der Waals surface area (Å²) < 4.78 is 12.7. The van der Waals surface area contributed by atoms with Gasteiger partial charge in [0, 0.05) is 32.5 Å². The Labute approximate surface area is 349 Å². The maximum absolute atomic E-state index is 6.35. The first-order chi connectivity index (χ1) is 27.5. The molecular weight excluding hydrogens is 823 g/mol. The molecule has 2 aliphatic rings. The van der Waals surface area contributed by atoms with Gasteiger partial charge < -0.3 is 8.83 Å². The zero-order valence-electron chi connectivity index (χ0n) is 31.2. The van der Waals surface area contributed by atoms with Crippen molar-refractivity contribution in [2.45, 2.75) is 37.8 Å². The number of hydrogen-bond acceptors (Lipinski definition) is 2. The van der Waals surface area contributed by atoms with Gasteiger partial charge in [-0.15, -0.1) is 0 Å². The zero-order valence-corrected chi connectivity index (χ0v) is 36.1. The van der Waals surface area contributed by atoms with E-state index in [0.29, 0.717) is 0 Å². The standard InChI is InChI=1S/C50H38O2Si.2ClH.Zr/c1-31-23-25-49(51-31)45-27-43-39(37-17-7-13-33-11-3-5-15-35(33)37)19-9-21-41(43)47(45)29-53-30-48-42-22-10-20-40(38-18-8-14-34-12-4-6-16-36(34)38)44(42)28-46(48)50-26-24-32(2)52-50;;;/h3-28,47-48H,29-30H2,1-2H3;2*1H;/q;;;+2/p-2. The van der Waals surface area contributed by atoms with Crippen LogP contribution in [0.15, 0.2) is 154 Å². The van der Waals surface area contributed by atoms with Crippen LogP contribution in [0.5, 0.6) is 0 Å². The third-order valence-electron chi connectivity index (χ3n) is 11.3. The fourth-order valence-electron chi connectivity index (χ4n) is 8.81. The molecule has 0 aliphatic heterocycles. The van der Waals surface area contributed by atoms with Gasteiger partial charge in [-0.3, -0.25) is 0 Å². The molecule has 8 aromatic rings. The second kappa shape index (κ2) is 16.2. The molecular formula is C50H38Cl2O2SiZr. The first-order valence-corrected chi connectivity index (χ1v) is 26.7. The van der Waals surface area contributed by atoms with E-state index in [-0.39, 0.29) is 11.8 Å². The van der Waals surface area contributed by atoms with Crippen molar-refractivity contribution in [2.24, 2.45) is 0 Å². The summed E-state index contributed by atoms with van der Waals surface area (Å²) >= 11 is -0.826. The Morgan fingerprint density at radius 1 is 0.482 bits per heavy atom. The van der Waals surface area contributed by atoms with Crippen molar-refractivity contribution in [1.82, 2.24) is 0 Å². The molecule has 2 nitrogen and oxygen atoms in total. The summed E-state index contributed by atoms with van der Waals surface area (Å²) in [5.41, 5.74) is 13.1. The van der Waals surface area contributed by atoms with E-state index >= 15 is 0 Å². The molecule has 272 valence electrons. The van der Waals surface area contributed by atoms with Gasteiger partial charge in [0.1, 0.15) is 23.0 Å². The number of fused-ring (bicyclic) bond motifs is 4. The number of aryl methyl sites for hydroxylation is 2. The Bertz CT molecular complexity index is 2590. The van der Waals surface area contributed by atoms with Gasteiger partial charge in [-0.1, -0.05) is 121 Å². The molecule has 0 saturated carbocycles. The Kier molecular flexibility index (Phi) is 10.7. The Hall–Kier alpha value is -4.44. The first kappa shape index (κ1) is 37.2. The predicted octanol–water partition coefficient (Wildman–Crippen LogP) is 15.0. The minimum atomic E-state index is -0.826. The van der Waals surface area contributed by atoms with Gasteiger partial charge in [0.2, 0.25) is 0 Å². The fraction of sp³-hybridized carbons (Fsp3) is 0.120. The van der Waals surface area contributed by atoms with Crippen molar-refractivity contribution in [3.8, 4) is 22.3 Å². The molecule has 6 heteroatoms. The molecule has 2 aliphatic carbocycles. The topological polar surface area (TPSA) is 26.3 Å². The molecule has 2 heterocycles. The molecule has 6 aromatic carbocycles. The maximum atomic E-state index is 6.35. The number of furan rings is 2. The number of rotatable bonds is 8. The van der Waals surface area contributed by atoms with Crippen molar-refractivity contribution in [3.05, 3.63) is 191 Å². The van der Waals surface area contributed by atoms with Crippen LogP contribution in [0.4, 0.5) is 0 Å².